The van der Waals surface area contributed by atoms with Gasteiger partial charge < -0.3 is 14.3 Å². The summed E-state index contributed by atoms with van der Waals surface area (Å²) in [6, 6.07) is 9.17. The Hall–Kier alpha value is -3.95. The van der Waals surface area contributed by atoms with Crippen LogP contribution in [0, 0.1) is 23.0 Å². The molecule has 0 bridgehead atoms. The fourth-order valence-electron chi connectivity index (χ4n) is 3.60. The first kappa shape index (κ1) is 19.4. The summed E-state index contributed by atoms with van der Waals surface area (Å²) in [6.07, 6.45) is -1.12. The monoisotopic (exact) mass is 411 g/mol. The van der Waals surface area contributed by atoms with Crippen molar-refractivity contribution >= 4 is 28.9 Å². The Kier molecular flexibility index (Phi) is 4.61. The van der Waals surface area contributed by atoms with E-state index in [1.54, 1.807) is 25.1 Å². The summed E-state index contributed by atoms with van der Waals surface area (Å²) in [7, 11) is 2.98. The highest BCUT2D eigenvalue weighted by atomic mass is 16.7. The number of rotatable bonds is 5. The quantitative estimate of drug-likeness (QED) is 0.420. The van der Waals surface area contributed by atoms with E-state index in [1.807, 2.05) is 0 Å². The standard InChI is InChI=1S/C20H17N3O7/c1-10-4-6-12(9-13(10)23(26)27)22-19(24)16-17(21-30-18(16)20(22)25)11-5-7-14(28-2)15(8-11)29-3/h4-9,16,18H,1-3H3/t16-,18-/m1/s1. The van der Waals surface area contributed by atoms with Gasteiger partial charge in [-0.3, -0.25) is 19.7 Å². The minimum Gasteiger partial charge on any atom is -0.493 e. The number of carbonyl (C=O) groups excluding carboxylic acids is 2. The molecule has 0 aromatic heterocycles. The summed E-state index contributed by atoms with van der Waals surface area (Å²) in [4.78, 5) is 42.9. The van der Waals surface area contributed by atoms with Crippen molar-refractivity contribution in [3.05, 3.63) is 57.6 Å². The number of nitro benzene ring substituents is 1. The molecule has 4 rings (SSSR count). The molecule has 2 heterocycles. The maximum atomic E-state index is 13.1. The van der Waals surface area contributed by atoms with Gasteiger partial charge in [-0.2, -0.15) is 0 Å². The lowest BCUT2D eigenvalue weighted by Gasteiger charge is -2.16. The molecule has 2 aliphatic heterocycles. The molecule has 0 saturated carbocycles. The summed E-state index contributed by atoms with van der Waals surface area (Å²) in [5.74, 6) is -1.21. The molecule has 1 saturated heterocycles. The van der Waals surface area contributed by atoms with E-state index in [0.717, 1.165) is 4.90 Å². The number of ether oxygens (including phenoxy) is 2. The number of hydrogen-bond donors (Lipinski definition) is 0. The first-order valence-electron chi connectivity index (χ1n) is 8.96. The van der Waals surface area contributed by atoms with Crippen LogP contribution >= 0.6 is 0 Å². The third-order valence-electron chi connectivity index (χ3n) is 5.14. The normalized spacial score (nSPS) is 20.0. The number of amides is 2. The summed E-state index contributed by atoms with van der Waals surface area (Å²) < 4.78 is 10.5. The Balaban J connectivity index is 1.70. The number of anilines is 1. The predicted octanol–water partition coefficient (Wildman–Crippen LogP) is 2.21. The number of carbonyl (C=O) groups is 2. The van der Waals surface area contributed by atoms with E-state index < -0.39 is 28.8 Å². The minimum atomic E-state index is -1.12. The van der Waals surface area contributed by atoms with Crippen LogP contribution in [-0.4, -0.2) is 42.8 Å². The van der Waals surface area contributed by atoms with E-state index in [4.69, 9.17) is 14.3 Å². The molecule has 2 atom stereocenters. The molecule has 0 unspecified atom stereocenters. The molecule has 0 radical (unpaired) electrons. The lowest BCUT2D eigenvalue weighted by molar-refractivity contribution is -0.385. The first-order chi connectivity index (χ1) is 14.4. The summed E-state index contributed by atoms with van der Waals surface area (Å²) >= 11 is 0. The first-order valence-corrected chi connectivity index (χ1v) is 8.96. The highest BCUT2D eigenvalue weighted by Gasteiger charge is 2.56. The summed E-state index contributed by atoms with van der Waals surface area (Å²) in [5, 5.41) is 15.2. The average Bonchev–Trinajstić information content (AvgIpc) is 3.28. The Morgan fingerprint density at radius 2 is 1.80 bits per heavy atom. The zero-order valence-electron chi connectivity index (χ0n) is 16.3. The van der Waals surface area contributed by atoms with Gasteiger partial charge in [0.15, 0.2) is 11.5 Å². The number of oxime groups is 1. The maximum Gasteiger partial charge on any atom is 0.278 e. The second-order valence-electron chi connectivity index (χ2n) is 6.79. The molecule has 2 amide bonds. The van der Waals surface area contributed by atoms with Crippen LogP contribution in [0.3, 0.4) is 0 Å². The number of nitrogens with zero attached hydrogens (tertiary/aromatic N) is 3. The Labute approximate surface area is 170 Å². The summed E-state index contributed by atoms with van der Waals surface area (Å²) in [6.45, 7) is 1.58. The molecular formula is C20H17N3O7. The number of aryl methyl sites for hydroxylation is 1. The third kappa shape index (κ3) is 2.84. The van der Waals surface area contributed by atoms with Crippen LogP contribution in [0.5, 0.6) is 11.5 Å². The van der Waals surface area contributed by atoms with E-state index in [2.05, 4.69) is 5.16 Å². The minimum absolute atomic E-state index is 0.118. The molecular weight excluding hydrogens is 394 g/mol. The van der Waals surface area contributed by atoms with Gasteiger partial charge in [0.2, 0.25) is 12.0 Å². The molecule has 10 nitrogen and oxygen atoms in total. The number of methoxy groups -OCH3 is 2. The highest BCUT2D eigenvalue weighted by Crippen LogP contribution is 2.38. The number of fused-ring (bicyclic) bond motifs is 1. The SMILES string of the molecule is COc1ccc(C2=NO[C@H]3C(=O)N(c4ccc(C)c([N+](=O)[O-])c4)C(=O)[C@H]23)cc1OC. The molecule has 2 aromatic carbocycles. The van der Waals surface area contributed by atoms with Crippen LogP contribution in [-0.2, 0) is 14.4 Å². The lowest BCUT2D eigenvalue weighted by atomic mass is 9.94. The highest BCUT2D eigenvalue weighted by molar-refractivity contribution is 6.32. The van der Waals surface area contributed by atoms with Gasteiger partial charge in [0.1, 0.15) is 11.6 Å². The van der Waals surface area contributed by atoms with Crippen LogP contribution in [0.1, 0.15) is 11.1 Å². The van der Waals surface area contributed by atoms with Gasteiger partial charge in [0.25, 0.3) is 11.6 Å². The van der Waals surface area contributed by atoms with Gasteiger partial charge in [-0.25, -0.2) is 4.90 Å². The van der Waals surface area contributed by atoms with Crippen LogP contribution in [0.4, 0.5) is 11.4 Å². The van der Waals surface area contributed by atoms with Crippen molar-refractivity contribution in [2.45, 2.75) is 13.0 Å². The van der Waals surface area contributed by atoms with E-state index in [0.29, 0.717) is 22.6 Å². The van der Waals surface area contributed by atoms with E-state index in [-0.39, 0.29) is 17.1 Å². The molecule has 0 aliphatic carbocycles. The van der Waals surface area contributed by atoms with Crippen molar-refractivity contribution in [1.29, 1.82) is 0 Å². The van der Waals surface area contributed by atoms with Crippen molar-refractivity contribution in [3.63, 3.8) is 0 Å². The van der Waals surface area contributed by atoms with Gasteiger partial charge in [-0.15, -0.1) is 0 Å². The van der Waals surface area contributed by atoms with E-state index in [9.17, 15) is 19.7 Å². The van der Waals surface area contributed by atoms with Gasteiger partial charge in [0.05, 0.1) is 24.8 Å². The van der Waals surface area contributed by atoms with Crippen molar-refractivity contribution in [2.75, 3.05) is 19.1 Å². The van der Waals surface area contributed by atoms with Crippen LogP contribution < -0.4 is 14.4 Å². The topological polar surface area (TPSA) is 121 Å². The van der Waals surface area contributed by atoms with Crippen LogP contribution in [0.25, 0.3) is 0 Å². The number of hydrogen-bond acceptors (Lipinski definition) is 8. The summed E-state index contributed by atoms with van der Waals surface area (Å²) in [5.41, 5.74) is 1.18. The number of imide groups is 1. The molecule has 10 heteroatoms. The van der Waals surface area contributed by atoms with E-state index in [1.165, 1.54) is 32.4 Å². The molecule has 154 valence electrons. The Morgan fingerprint density at radius 1 is 1.07 bits per heavy atom. The number of nitro groups is 1. The molecule has 1 fully saturated rings. The Morgan fingerprint density at radius 3 is 2.47 bits per heavy atom. The van der Waals surface area contributed by atoms with Crippen molar-refractivity contribution < 1.29 is 28.8 Å². The molecule has 2 aliphatic rings. The van der Waals surface area contributed by atoms with Crippen molar-refractivity contribution in [3.8, 4) is 11.5 Å². The van der Waals surface area contributed by atoms with Crippen LogP contribution in [0.15, 0.2) is 41.6 Å². The van der Waals surface area contributed by atoms with Gasteiger partial charge in [-0.1, -0.05) is 11.2 Å². The van der Waals surface area contributed by atoms with Crippen LogP contribution in [0.2, 0.25) is 0 Å². The molecule has 2 aromatic rings. The third-order valence-corrected chi connectivity index (χ3v) is 5.14. The van der Waals surface area contributed by atoms with Gasteiger partial charge >= 0.3 is 0 Å². The predicted molar refractivity (Wildman–Crippen MR) is 105 cm³/mol. The van der Waals surface area contributed by atoms with Gasteiger partial charge in [0, 0.05) is 17.2 Å². The lowest BCUT2D eigenvalue weighted by Crippen LogP contribution is -2.33. The van der Waals surface area contributed by atoms with Crippen molar-refractivity contribution in [2.24, 2.45) is 11.1 Å². The molecule has 30 heavy (non-hydrogen) atoms. The fraction of sp³-hybridized carbons (Fsp3) is 0.250. The molecule has 0 N–H and O–H groups in total. The van der Waals surface area contributed by atoms with Gasteiger partial charge in [-0.05, 0) is 31.2 Å². The Bertz CT molecular complexity index is 1110. The van der Waals surface area contributed by atoms with E-state index >= 15 is 0 Å². The zero-order valence-corrected chi connectivity index (χ0v) is 16.3. The molecule has 0 spiro atoms. The maximum absolute atomic E-state index is 13.1. The largest absolute Gasteiger partial charge is 0.493 e. The smallest absolute Gasteiger partial charge is 0.278 e. The fourth-order valence-corrected chi connectivity index (χ4v) is 3.60. The second-order valence-corrected chi connectivity index (χ2v) is 6.79. The zero-order chi connectivity index (χ0) is 21.6. The van der Waals surface area contributed by atoms with Crippen molar-refractivity contribution in [1.82, 2.24) is 0 Å². The second kappa shape index (κ2) is 7.14. The number of benzene rings is 2. The average molecular weight is 411 g/mol.